The number of carbonyl (C=O) groups excluding carboxylic acids is 1. The van der Waals surface area contributed by atoms with Gasteiger partial charge in [0.05, 0.1) is 5.76 Å². The van der Waals surface area contributed by atoms with Gasteiger partial charge in [-0.05, 0) is 25.7 Å². The van der Waals surface area contributed by atoms with Gasteiger partial charge in [-0.2, -0.15) is 0 Å². The van der Waals surface area contributed by atoms with Crippen molar-refractivity contribution in [3.05, 3.63) is 75.6 Å². The van der Waals surface area contributed by atoms with Gasteiger partial charge in [0.2, 0.25) is 0 Å². The number of aliphatic hydroxyl groups excluding tert-OH is 1. The van der Waals surface area contributed by atoms with E-state index < -0.39 is 0 Å². The van der Waals surface area contributed by atoms with Crippen molar-refractivity contribution in [2.45, 2.75) is 101 Å². The fourth-order valence-corrected chi connectivity index (χ4v) is 8.27. The van der Waals surface area contributed by atoms with Crippen LogP contribution in [-0.4, -0.2) is 30.4 Å². The van der Waals surface area contributed by atoms with Gasteiger partial charge in [-0.25, -0.2) is 0 Å². The molecule has 2 aromatic heterocycles. The minimum atomic E-state index is 0. The van der Waals surface area contributed by atoms with Crippen molar-refractivity contribution in [3.63, 3.8) is 0 Å². The molecular formula is C38H50IrNO2Se-. The Bertz CT molecular complexity index is 1530. The van der Waals surface area contributed by atoms with Crippen molar-refractivity contribution in [1.82, 2.24) is 4.98 Å². The monoisotopic (exact) mass is 825 g/mol. The van der Waals surface area contributed by atoms with Gasteiger partial charge in [0.1, 0.15) is 0 Å². The van der Waals surface area contributed by atoms with E-state index in [0.717, 1.165) is 43.4 Å². The van der Waals surface area contributed by atoms with Crippen LogP contribution in [0.3, 0.4) is 0 Å². The van der Waals surface area contributed by atoms with E-state index >= 15 is 0 Å². The van der Waals surface area contributed by atoms with E-state index in [-0.39, 0.29) is 43.5 Å². The zero-order chi connectivity index (χ0) is 31.2. The molecule has 0 spiro atoms. The fourth-order valence-electron chi connectivity index (χ4n) is 5.75. The Morgan fingerprint density at radius 1 is 0.930 bits per heavy atom. The average Bonchev–Trinajstić information content (AvgIpc) is 3.23. The summed E-state index contributed by atoms with van der Waals surface area (Å²) in [5.41, 5.74) is 6.45. The molecule has 0 atom stereocenters. The van der Waals surface area contributed by atoms with Gasteiger partial charge in [-0.1, -0.05) is 27.7 Å². The van der Waals surface area contributed by atoms with Crippen molar-refractivity contribution in [2.75, 3.05) is 0 Å². The predicted molar refractivity (Wildman–Crippen MR) is 182 cm³/mol. The molecule has 5 heteroatoms. The van der Waals surface area contributed by atoms with Crippen molar-refractivity contribution in [2.24, 2.45) is 17.3 Å². The van der Waals surface area contributed by atoms with Crippen molar-refractivity contribution >= 4 is 40.7 Å². The van der Waals surface area contributed by atoms with Crippen LogP contribution in [0.15, 0.2) is 48.4 Å². The molecule has 1 radical (unpaired) electrons. The third-order valence-corrected chi connectivity index (χ3v) is 10.6. The maximum Gasteiger partial charge on any atom is 0 e. The summed E-state index contributed by atoms with van der Waals surface area (Å²) in [7, 11) is 0. The topological polar surface area (TPSA) is 50.2 Å². The van der Waals surface area contributed by atoms with Gasteiger partial charge in [0, 0.05) is 38.0 Å². The molecule has 3 nitrogen and oxygen atoms in total. The third kappa shape index (κ3) is 9.48. The van der Waals surface area contributed by atoms with Gasteiger partial charge in [-0.3, -0.25) is 4.79 Å². The number of aliphatic hydroxyl groups is 1. The number of fused-ring (bicyclic) bond motifs is 3. The van der Waals surface area contributed by atoms with Gasteiger partial charge >= 0.3 is 168 Å². The van der Waals surface area contributed by atoms with E-state index in [2.05, 4.69) is 77.9 Å². The van der Waals surface area contributed by atoms with Crippen LogP contribution in [0.1, 0.15) is 95.3 Å². The van der Waals surface area contributed by atoms with Crippen LogP contribution in [0.25, 0.3) is 31.7 Å². The number of hydrogen-bond donors (Lipinski definition) is 1. The van der Waals surface area contributed by atoms with E-state index in [4.69, 9.17) is 4.98 Å². The van der Waals surface area contributed by atoms with Gasteiger partial charge < -0.3 is 5.11 Å². The minimum Gasteiger partial charge on any atom is 0 e. The number of nitrogens with zero attached hydrogens (tertiary/aromatic N) is 1. The molecule has 4 rings (SSSR count). The molecule has 0 aliphatic carbocycles. The largest absolute Gasteiger partial charge is 0 e. The summed E-state index contributed by atoms with van der Waals surface area (Å²) >= 11 is 0.403. The second kappa shape index (κ2) is 16.3. The molecular weight excluding hydrogens is 774 g/mol. The molecule has 4 aromatic rings. The van der Waals surface area contributed by atoms with Crippen LogP contribution >= 0.6 is 0 Å². The normalized spacial score (nSPS) is 12.0. The predicted octanol–water partition coefficient (Wildman–Crippen LogP) is 10.3. The summed E-state index contributed by atoms with van der Waals surface area (Å²) in [5.74, 6) is 0.547. The molecule has 0 fully saturated rings. The summed E-state index contributed by atoms with van der Waals surface area (Å²) < 4.78 is 3.11. The number of rotatable bonds is 9. The number of pyridine rings is 1. The first-order valence-electron chi connectivity index (χ1n) is 15.6. The molecule has 0 saturated carbocycles. The van der Waals surface area contributed by atoms with Crippen molar-refractivity contribution in [1.29, 1.82) is 0 Å². The van der Waals surface area contributed by atoms with Crippen LogP contribution in [-0.2, 0) is 31.3 Å². The Morgan fingerprint density at radius 3 is 2.09 bits per heavy atom. The number of benzene rings is 2. The average molecular weight is 824 g/mol. The molecule has 0 unspecified atom stereocenters. The van der Waals surface area contributed by atoms with E-state index in [1.165, 1.54) is 37.6 Å². The van der Waals surface area contributed by atoms with Crippen LogP contribution in [0.4, 0.5) is 0 Å². The quantitative estimate of drug-likeness (QED) is 0.0792. The molecule has 2 heterocycles. The number of allylic oxidation sites excluding steroid dienone is 2. The Labute approximate surface area is 279 Å². The molecule has 0 bridgehead atoms. The van der Waals surface area contributed by atoms with E-state index in [0.29, 0.717) is 19.9 Å². The van der Waals surface area contributed by atoms with Crippen LogP contribution < -0.4 is 0 Å². The number of aromatic nitrogens is 1. The van der Waals surface area contributed by atoms with Crippen LogP contribution in [0, 0.1) is 44.1 Å². The standard InChI is InChI=1S/C25H26NSe.C13H24O2.Ir/c1-15-11-16(2)13-18(12-15)23-19-7-8-20-22(14-25(4,5)6)17(3)27-24(20)21(19)9-10-26-23;1-5-10(6-2)12(14)9-13(15)11(7-3)8-4;/h7-12H,14H2,1-6H3;9-11,14H,5-8H2,1-4H3;/q-1;;/b;12-9-;. The van der Waals surface area contributed by atoms with Crippen molar-refractivity contribution < 1.29 is 30.0 Å². The molecule has 2 aromatic carbocycles. The van der Waals surface area contributed by atoms with Gasteiger partial charge in [0.15, 0.2) is 5.78 Å². The molecule has 0 aliphatic heterocycles. The number of aryl methyl sites for hydroxylation is 3. The smallest absolute Gasteiger partial charge is 0 e. The SMILES string of the molecule is CCC(CC)C(=O)/C=C(\O)C(CC)CC.Cc1[c-]c(-c2nccc3c2ccc2c(CC(C)(C)C)c(C)[se]c23)cc(C)c1.[Ir]. The Morgan fingerprint density at radius 2 is 1.53 bits per heavy atom. The van der Waals surface area contributed by atoms with E-state index in [1.807, 2.05) is 33.9 Å². The summed E-state index contributed by atoms with van der Waals surface area (Å²) in [4.78, 5) is 16.5. The second-order valence-corrected chi connectivity index (χ2v) is 15.4. The summed E-state index contributed by atoms with van der Waals surface area (Å²) in [6, 6.07) is 14.7. The van der Waals surface area contributed by atoms with Gasteiger partial charge in [-0.15, -0.1) is 0 Å². The van der Waals surface area contributed by atoms with E-state index in [9.17, 15) is 9.90 Å². The zero-order valence-corrected chi connectivity index (χ0v) is 31.9. The summed E-state index contributed by atoms with van der Waals surface area (Å²) in [6.45, 7) is 21.6. The Hall–Kier alpha value is -2.03. The summed E-state index contributed by atoms with van der Waals surface area (Å²) in [6.07, 6.45) is 8.02. The fraction of sp³-hybridized carbons (Fsp3) is 0.474. The maximum atomic E-state index is 11.7. The minimum absolute atomic E-state index is 0. The number of hydrogen-bond acceptors (Lipinski definition) is 3. The Kier molecular flexibility index (Phi) is 14.1. The Balaban J connectivity index is 0.000000348. The zero-order valence-electron chi connectivity index (χ0n) is 27.8. The first kappa shape index (κ1) is 37.2. The first-order valence-corrected chi connectivity index (χ1v) is 17.3. The van der Waals surface area contributed by atoms with Crippen LogP contribution in [0.2, 0.25) is 0 Å². The maximum absolute atomic E-state index is 11.7. The molecule has 0 amide bonds. The number of ketones is 1. The van der Waals surface area contributed by atoms with Crippen LogP contribution in [0.5, 0.6) is 0 Å². The molecule has 0 saturated heterocycles. The number of carbonyl (C=O) groups is 1. The second-order valence-electron chi connectivity index (χ2n) is 12.8. The molecule has 0 aliphatic rings. The summed E-state index contributed by atoms with van der Waals surface area (Å²) in [5, 5.41) is 13.9. The molecule has 235 valence electrons. The first-order chi connectivity index (χ1) is 19.8. The van der Waals surface area contributed by atoms with Gasteiger partial charge in [0.25, 0.3) is 0 Å². The van der Waals surface area contributed by atoms with E-state index in [1.54, 1.807) is 10.0 Å². The third-order valence-electron chi connectivity index (χ3n) is 8.09. The molecule has 43 heavy (non-hydrogen) atoms. The van der Waals surface area contributed by atoms with Crippen molar-refractivity contribution in [3.8, 4) is 11.3 Å². The molecule has 1 N–H and O–H groups in total.